The number of hydrogen-bond donors (Lipinski definition) is 0. The van der Waals surface area contributed by atoms with Crippen molar-refractivity contribution in [2.75, 3.05) is 26.2 Å². The molecule has 150 valence electrons. The summed E-state index contributed by atoms with van der Waals surface area (Å²) in [5.74, 6) is 0.0183. The Morgan fingerprint density at radius 1 is 0.966 bits per heavy atom. The van der Waals surface area contributed by atoms with E-state index in [4.69, 9.17) is 0 Å². The SMILES string of the molecule is O=C(c1ccc2c3c(cccc13)CC2)C1CCCN(C(=O)CN2CCCC2=O)C1. The minimum Gasteiger partial charge on any atom is -0.340 e. The predicted octanol–water partition coefficient (Wildman–Crippen LogP) is 2.98. The van der Waals surface area contributed by atoms with Gasteiger partial charge in [0.1, 0.15) is 0 Å². The van der Waals surface area contributed by atoms with Gasteiger partial charge in [-0.15, -0.1) is 0 Å². The third-order valence-electron chi connectivity index (χ3n) is 6.78. The second kappa shape index (κ2) is 7.29. The first-order chi connectivity index (χ1) is 14.1. The van der Waals surface area contributed by atoms with Gasteiger partial charge in [0.2, 0.25) is 11.8 Å². The van der Waals surface area contributed by atoms with Crippen molar-refractivity contribution in [2.24, 2.45) is 5.92 Å². The summed E-state index contributed by atoms with van der Waals surface area (Å²) in [6.07, 6.45) is 5.11. The van der Waals surface area contributed by atoms with Crippen LogP contribution in [0, 0.1) is 5.92 Å². The van der Waals surface area contributed by atoms with Crippen LogP contribution in [-0.4, -0.2) is 53.6 Å². The molecule has 2 aromatic rings. The highest BCUT2D eigenvalue weighted by atomic mass is 16.2. The van der Waals surface area contributed by atoms with E-state index in [0.717, 1.165) is 43.1 Å². The Hall–Kier alpha value is -2.69. The molecule has 1 atom stereocenters. The lowest BCUT2D eigenvalue weighted by atomic mass is 9.87. The van der Waals surface area contributed by atoms with E-state index in [9.17, 15) is 14.4 Å². The number of piperidine rings is 1. The minimum atomic E-state index is -0.166. The molecule has 5 rings (SSSR count). The molecule has 1 unspecified atom stereocenters. The van der Waals surface area contributed by atoms with Crippen LogP contribution in [0.1, 0.15) is 47.2 Å². The molecule has 5 nitrogen and oxygen atoms in total. The van der Waals surface area contributed by atoms with Gasteiger partial charge < -0.3 is 9.80 Å². The smallest absolute Gasteiger partial charge is 0.242 e. The summed E-state index contributed by atoms with van der Waals surface area (Å²) in [6.45, 7) is 1.96. The molecule has 3 aliphatic rings. The fraction of sp³-hybridized carbons (Fsp3) is 0.458. The molecule has 2 fully saturated rings. The van der Waals surface area contributed by atoms with Crippen LogP contribution >= 0.6 is 0 Å². The Morgan fingerprint density at radius 2 is 1.79 bits per heavy atom. The van der Waals surface area contributed by atoms with E-state index in [1.54, 1.807) is 9.80 Å². The molecular formula is C24H26N2O3. The average Bonchev–Trinajstić information content (AvgIpc) is 3.35. The predicted molar refractivity (Wildman–Crippen MR) is 111 cm³/mol. The maximum Gasteiger partial charge on any atom is 0.242 e. The summed E-state index contributed by atoms with van der Waals surface area (Å²) in [7, 11) is 0. The number of Topliss-reactive ketones (excluding diaryl/α,β-unsaturated/α-hetero) is 1. The van der Waals surface area contributed by atoms with Gasteiger partial charge in [-0.2, -0.15) is 0 Å². The first-order valence-electron chi connectivity index (χ1n) is 10.7. The maximum absolute atomic E-state index is 13.4. The molecule has 0 N–H and O–H groups in total. The van der Waals surface area contributed by atoms with Crippen LogP contribution < -0.4 is 0 Å². The monoisotopic (exact) mass is 390 g/mol. The van der Waals surface area contributed by atoms with Gasteiger partial charge in [0.15, 0.2) is 5.78 Å². The normalized spacial score (nSPS) is 21.2. The standard InChI is InChI=1S/C24H26N2O3/c27-21-7-3-13-26(21)15-22(28)25-12-2-5-18(14-25)24(29)20-11-10-17-9-8-16-4-1-6-19(20)23(16)17/h1,4,6,10-11,18H,2-3,5,7-9,12-15H2. The van der Waals surface area contributed by atoms with Crippen molar-refractivity contribution in [1.82, 2.24) is 9.80 Å². The number of hydrogen-bond acceptors (Lipinski definition) is 3. The first-order valence-corrected chi connectivity index (χ1v) is 10.7. The molecule has 2 aromatic carbocycles. The topological polar surface area (TPSA) is 57.7 Å². The minimum absolute atomic E-state index is 0.0295. The van der Waals surface area contributed by atoms with Crippen molar-refractivity contribution in [3.05, 3.63) is 47.0 Å². The van der Waals surface area contributed by atoms with Crippen molar-refractivity contribution >= 4 is 28.4 Å². The number of benzene rings is 2. The van der Waals surface area contributed by atoms with Crippen molar-refractivity contribution in [2.45, 2.75) is 38.5 Å². The highest BCUT2D eigenvalue weighted by Crippen LogP contribution is 2.34. The molecule has 29 heavy (non-hydrogen) atoms. The van der Waals surface area contributed by atoms with Gasteiger partial charge in [-0.25, -0.2) is 0 Å². The van der Waals surface area contributed by atoms with E-state index in [1.165, 1.54) is 16.5 Å². The van der Waals surface area contributed by atoms with Gasteiger partial charge in [0.25, 0.3) is 0 Å². The highest BCUT2D eigenvalue weighted by molar-refractivity contribution is 6.11. The van der Waals surface area contributed by atoms with Crippen molar-refractivity contribution in [3.63, 3.8) is 0 Å². The van der Waals surface area contributed by atoms with Gasteiger partial charge in [-0.3, -0.25) is 14.4 Å². The summed E-state index contributed by atoms with van der Waals surface area (Å²) in [5, 5.41) is 2.32. The molecule has 0 bridgehead atoms. The van der Waals surface area contributed by atoms with Crippen molar-refractivity contribution < 1.29 is 14.4 Å². The number of carbonyl (C=O) groups is 3. The van der Waals surface area contributed by atoms with E-state index >= 15 is 0 Å². The third kappa shape index (κ3) is 3.22. The number of aryl methyl sites for hydroxylation is 2. The fourth-order valence-electron chi connectivity index (χ4n) is 5.23. The number of nitrogens with zero attached hydrogens (tertiary/aromatic N) is 2. The molecule has 0 aromatic heterocycles. The molecule has 0 spiro atoms. The Kier molecular flexibility index (Phi) is 4.61. The molecule has 2 aliphatic heterocycles. The zero-order valence-corrected chi connectivity index (χ0v) is 16.7. The van der Waals surface area contributed by atoms with Crippen LogP contribution in [0.25, 0.3) is 10.8 Å². The Morgan fingerprint density at radius 3 is 2.59 bits per heavy atom. The molecule has 2 saturated heterocycles. The zero-order chi connectivity index (χ0) is 20.0. The molecule has 2 heterocycles. The van der Waals surface area contributed by atoms with Gasteiger partial charge >= 0.3 is 0 Å². The Balaban J connectivity index is 1.35. The van der Waals surface area contributed by atoms with Crippen LogP contribution in [0.4, 0.5) is 0 Å². The summed E-state index contributed by atoms with van der Waals surface area (Å²) in [5.41, 5.74) is 3.47. The van der Waals surface area contributed by atoms with E-state index in [1.807, 2.05) is 12.1 Å². The zero-order valence-electron chi connectivity index (χ0n) is 16.7. The summed E-state index contributed by atoms with van der Waals surface area (Å²) in [6, 6.07) is 10.4. The number of ketones is 1. The lowest BCUT2D eigenvalue weighted by Gasteiger charge is -2.33. The average molecular weight is 390 g/mol. The maximum atomic E-state index is 13.4. The molecule has 0 saturated carbocycles. The Labute approximate surface area is 170 Å². The lowest BCUT2D eigenvalue weighted by molar-refractivity contribution is -0.139. The molecule has 1 aliphatic carbocycles. The third-order valence-corrected chi connectivity index (χ3v) is 6.78. The quantitative estimate of drug-likeness (QED) is 0.754. The number of carbonyl (C=O) groups excluding carboxylic acids is 3. The molecule has 2 amide bonds. The van der Waals surface area contributed by atoms with Crippen LogP contribution in [0.15, 0.2) is 30.3 Å². The highest BCUT2D eigenvalue weighted by Gasteiger charge is 2.32. The fourth-order valence-corrected chi connectivity index (χ4v) is 5.23. The van der Waals surface area contributed by atoms with E-state index < -0.39 is 0 Å². The van der Waals surface area contributed by atoms with Crippen LogP contribution in [0.3, 0.4) is 0 Å². The summed E-state index contributed by atoms with van der Waals surface area (Å²) in [4.78, 5) is 41.4. The molecule has 0 radical (unpaired) electrons. The molecular weight excluding hydrogens is 364 g/mol. The van der Waals surface area contributed by atoms with Gasteiger partial charge in [0, 0.05) is 37.5 Å². The number of amides is 2. The van der Waals surface area contributed by atoms with Crippen molar-refractivity contribution in [1.29, 1.82) is 0 Å². The van der Waals surface area contributed by atoms with Gasteiger partial charge in [-0.1, -0.05) is 30.3 Å². The molecule has 5 heteroatoms. The van der Waals surface area contributed by atoms with E-state index in [-0.39, 0.29) is 30.1 Å². The van der Waals surface area contributed by atoms with Crippen LogP contribution in [0.5, 0.6) is 0 Å². The van der Waals surface area contributed by atoms with Gasteiger partial charge in [-0.05, 0) is 54.0 Å². The summed E-state index contributed by atoms with van der Waals surface area (Å²) < 4.78 is 0. The summed E-state index contributed by atoms with van der Waals surface area (Å²) >= 11 is 0. The second-order valence-corrected chi connectivity index (χ2v) is 8.57. The van der Waals surface area contributed by atoms with Crippen LogP contribution in [0.2, 0.25) is 0 Å². The first kappa shape index (κ1) is 18.3. The van der Waals surface area contributed by atoms with Crippen molar-refractivity contribution in [3.8, 4) is 0 Å². The second-order valence-electron chi connectivity index (χ2n) is 8.57. The van der Waals surface area contributed by atoms with E-state index in [2.05, 4.69) is 18.2 Å². The van der Waals surface area contributed by atoms with Gasteiger partial charge in [0.05, 0.1) is 6.54 Å². The number of likely N-dealkylation sites (tertiary alicyclic amines) is 2. The Bertz CT molecular complexity index is 1000. The van der Waals surface area contributed by atoms with E-state index in [0.29, 0.717) is 26.1 Å². The van der Waals surface area contributed by atoms with Crippen LogP contribution in [-0.2, 0) is 22.4 Å². The lowest BCUT2D eigenvalue weighted by Crippen LogP contribution is -2.46. The number of rotatable bonds is 4. The largest absolute Gasteiger partial charge is 0.340 e.